The maximum absolute atomic E-state index is 13.1. The molecule has 1 N–H and O–H groups in total. The molecule has 1 heterocycles. The quantitative estimate of drug-likeness (QED) is 0.848. The Morgan fingerprint density at radius 1 is 1.17 bits per heavy atom. The predicted molar refractivity (Wildman–Crippen MR) is 90.0 cm³/mol. The van der Waals surface area contributed by atoms with Crippen LogP contribution in [-0.4, -0.2) is 17.5 Å². The lowest BCUT2D eigenvalue weighted by molar-refractivity contribution is 0.207. The summed E-state index contributed by atoms with van der Waals surface area (Å²) >= 11 is 0. The van der Waals surface area contributed by atoms with Crippen molar-refractivity contribution in [3.8, 4) is 0 Å². The van der Waals surface area contributed by atoms with Gasteiger partial charge < -0.3 is 10.2 Å². The lowest BCUT2D eigenvalue weighted by Gasteiger charge is -2.26. The molecule has 2 aromatic carbocycles. The minimum atomic E-state index is -0.252. The first-order valence-electron chi connectivity index (χ1n) is 7.95. The Balaban J connectivity index is 1.78. The molecule has 0 aromatic heterocycles. The van der Waals surface area contributed by atoms with E-state index in [0.29, 0.717) is 0 Å². The molecule has 3 nitrogen and oxygen atoms in total. The maximum Gasteiger partial charge on any atom is 0.322 e. The molecule has 3 rings (SSSR count). The molecular formula is C19H21FN2O. The highest BCUT2D eigenvalue weighted by Crippen LogP contribution is 2.32. The van der Waals surface area contributed by atoms with E-state index in [4.69, 9.17) is 0 Å². The van der Waals surface area contributed by atoms with Crippen LogP contribution in [0.25, 0.3) is 0 Å². The van der Waals surface area contributed by atoms with Gasteiger partial charge in [-0.15, -0.1) is 0 Å². The molecule has 0 radical (unpaired) electrons. The van der Waals surface area contributed by atoms with Crippen LogP contribution >= 0.6 is 0 Å². The Labute approximate surface area is 136 Å². The number of anilines is 1. The molecule has 0 spiro atoms. The lowest BCUT2D eigenvalue weighted by Crippen LogP contribution is -2.34. The monoisotopic (exact) mass is 312 g/mol. The van der Waals surface area contributed by atoms with Crippen LogP contribution in [0.15, 0.2) is 42.5 Å². The zero-order chi connectivity index (χ0) is 16.4. The van der Waals surface area contributed by atoms with E-state index < -0.39 is 0 Å². The summed E-state index contributed by atoms with van der Waals surface area (Å²) in [6, 6.07) is 12.3. The highest BCUT2D eigenvalue weighted by Gasteiger charge is 2.30. The Hall–Kier alpha value is -2.36. The number of hydrogen-bond donors (Lipinski definition) is 1. The molecular weight excluding hydrogens is 291 g/mol. The number of halogens is 1. The van der Waals surface area contributed by atoms with Gasteiger partial charge in [0.25, 0.3) is 0 Å². The van der Waals surface area contributed by atoms with Crippen LogP contribution in [0.1, 0.15) is 35.6 Å². The van der Waals surface area contributed by atoms with Crippen LogP contribution in [0.3, 0.4) is 0 Å². The molecule has 1 atom stereocenters. The third-order valence-corrected chi connectivity index (χ3v) is 4.61. The summed E-state index contributed by atoms with van der Waals surface area (Å²) in [5, 5.41) is 3.02. The van der Waals surface area contributed by atoms with Gasteiger partial charge in [-0.25, -0.2) is 9.18 Å². The van der Waals surface area contributed by atoms with E-state index in [1.54, 1.807) is 12.1 Å². The molecule has 0 bridgehead atoms. The van der Waals surface area contributed by atoms with Gasteiger partial charge in [-0.3, -0.25) is 0 Å². The third-order valence-electron chi connectivity index (χ3n) is 4.61. The highest BCUT2D eigenvalue weighted by molar-refractivity contribution is 5.90. The van der Waals surface area contributed by atoms with Crippen molar-refractivity contribution in [3.05, 3.63) is 65.0 Å². The van der Waals surface area contributed by atoms with Crippen molar-refractivity contribution in [2.75, 3.05) is 11.9 Å². The standard InChI is InChI=1S/C19H21FN2O/c1-13-5-3-6-17(14(13)2)21-19(23)22-12-4-7-18(22)15-8-10-16(20)11-9-15/h3,5-6,8-11,18H,4,7,12H2,1-2H3,(H,21,23)/t18-/m0/s1. The zero-order valence-corrected chi connectivity index (χ0v) is 13.5. The van der Waals surface area contributed by atoms with Gasteiger partial charge in [-0.1, -0.05) is 24.3 Å². The van der Waals surface area contributed by atoms with Crippen LogP contribution < -0.4 is 5.32 Å². The summed E-state index contributed by atoms with van der Waals surface area (Å²) in [6.07, 6.45) is 1.87. The van der Waals surface area contributed by atoms with Crippen molar-refractivity contribution < 1.29 is 9.18 Å². The Kier molecular flexibility index (Phi) is 4.33. The maximum atomic E-state index is 13.1. The molecule has 23 heavy (non-hydrogen) atoms. The van der Waals surface area contributed by atoms with E-state index in [9.17, 15) is 9.18 Å². The van der Waals surface area contributed by atoms with Crippen LogP contribution in [0, 0.1) is 19.7 Å². The van der Waals surface area contributed by atoms with Gasteiger partial charge in [0.05, 0.1) is 6.04 Å². The summed E-state index contributed by atoms with van der Waals surface area (Å²) in [5.41, 5.74) is 4.07. The van der Waals surface area contributed by atoms with Gasteiger partial charge in [0.1, 0.15) is 5.82 Å². The number of rotatable bonds is 2. The van der Waals surface area contributed by atoms with Gasteiger partial charge in [-0.05, 0) is 61.6 Å². The number of nitrogens with one attached hydrogen (secondary N) is 1. The highest BCUT2D eigenvalue weighted by atomic mass is 19.1. The van der Waals surface area contributed by atoms with Crippen LogP contribution in [-0.2, 0) is 0 Å². The van der Waals surface area contributed by atoms with Crippen LogP contribution in [0.4, 0.5) is 14.9 Å². The van der Waals surface area contributed by atoms with Gasteiger partial charge in [0.2, 0.25) is 0 Å². The van der Waals surface area contributed by atoms with E-state index in [2.05, 4.69) is 5.32 Å². The number of amides is 2. The van der Waals surface area contributed by atoms with Crippen molar-refractivity contribution in [1.29, 1.82) is 0 Å². The second-order valence-corrected chi connectivity index (χ2v) is 6.08. The molecule has 1 fully saturated rings. The minimum absolute atomic E-state index is 0.0146. The Morgan fingerprint density at radius 3 is 2.65 bits per heavy atom. The topological polar surface area (TPSA) is 32.3 Å². The summed E-state index contributed by atoms with van der Waals surface area (Å²) in [6.45, 7) is 4.76. The van der Waals surface area contributed by atoms with Crippen molar-refractivity contribution >= 4 is 11.7 Å². The first-order valence-corrected chi connectivity index (χ1v) is 7.95. The number of aryl methyl sites for hydroxylation is 1. The fraction of sp³-hybridized carbons (Fsp3) is 0.316. The molecule has 1 aliphatic heterocycles. The van der Waals surface area contributed by atoms with Gasteiger partial charge in [0, 0.05) is 12.2 Å². The minimum Gasteiger partial charge on any atom is -0.317 e. The first-order chi connectivity index (χ1) is 11.1. The molecule has 1 aliphatic rings. The summed E-state index contributed by atoms with van der Waals surface area (Å²) in [5.74, 6) is -0.252. The van der Waals surface area contributed by atoms with E-state index in [1.807, 2.05) is 36.9 Å². The number of carbonyl (C=O) groups is 1. The lowest BCUT2D eigenvalue weighted by atomic mass is 10.0. The second-order valence-electron chi connectivity index (χ2n) is 6.08. The van der Waals surface area contributed by atoms with Gasteiger partial charge >= 0.3 is 6.03 Å². The Morgan fingerprint density at radius 2 is 1.91 bits per heavy atom. The fourth-order valence-electron chi connectivity index (χ4n) is 3.11. The molecule has 0 aliphatic carbocycles. The summed E-state index contributed by atoms with van der Waals surface area (Å²) in [4.78, 5) is 14.5. The number of benzene rings is 2. The molecule has 120 valence electrons. The number of hydrogen-bond acceptors (Lipinski definition) is 1. The molecule has 2 amide bonds. The first kappa shape index (κ1) is 15.5. The Bertz CT molecular complexity index is 712. The van der Waals surface area contributed by atoms with E-state index >= 15 is 0 Å². The molecule has 2 aromatic rings. The van der Waals surface area contributed by atoms with Gasteiger partial charge in [0.15, 0.2) is 0 Å². The van der Waals surface area contributed by atoms with E-state index in [0.717, 1.165) is 41.8 Å². The third kappa shape index (κ3) is 3.21. The van der Waals surface area contributed by atoms with Crippen LogP contribution in [0.2, 0.25) is 0 Å². The molecule has 4 heteroatoms. The average Bonchev–Trinajstić information content (AvgIpc) is 3.02. The number of carbonyl (C=O) groups excluding carboxylic acids is 1. The average molecular weight is 312 g/mol. The molecule has 1 saturated heterocycles. The van der Waals surface area contributed by atoms with Crippen LogP contribution in [0.5, 0.6) is 0 Å². The normalized spacial score (nSPS) is 17.3. The fourth-order valence-corrected chi connectivity index (χ4v) is 3.11. The number of nitrogens with zero attached hydrogens (tertiary/aromatic N) is 1. The second kappa shape index (κ2) is 6.41. The SMILES string of the molecule is Cc1cccc(NC(=O)N2CCC[C@H]2c2ccc(F)cc2)c1C. The largest absolute Gasteiger partial charge is 0.322 e. The number of likely N-dealkylation sites (tertiary alicyclic amines) is 1. The molecule has 0 saturated carbocycles. The summed E-state index contributed by atoms with van der Waals surface area (Å²) in [7, 11) is 0. The van der Waals surface area contributed by atoms with Crippen molar-refractivity contribution in [3.63, 3.8) is 0 Å². The van der Waals surface area contributed by atoms with E-state index in [-0.39, 0.29) is 17.9 Å². The smallest absolute Gasteiger partial charge is 0.317 e. The zero-order valence-electron chi connectivity index (χ0n) is 13.5. The summed E-state index contributed by atoms with van der Waals surface area (Å²) < 4.78 is 13.1. The molecule has 0 unspecified atom stereocenters. The van der Waals surface area contributed by atoms with Crippen molar-refractivity contribution in [2.24, 2.45) is 0 Å². The van der Waals surface area contributed by atoms with Crippen molar-refractivity contribution in [2.45, 2.75) is 32.7 Å². The predicted octanol–water partition coefficient (Wildman–Crippen LogP) is 4.81. The van der Waals surface area contributed by atoms with E-state index in [1.165, 1.54) is 12.1 Å². The van der Waals surface area contributed by atoms with Crippen molar-refractivity contribution in [1.82, 2.24) is 4.90 Å². The number of urea groups is 1. The van der Waals surface area contributed by atoms with Gasteiger partial charge in [-0.2, -0.15) is 0 Å².